The fourth-order valence-corrected chi connectivity index (χ4v) is 2.87. The SMILES string of the molecule is CCOC(=O)C#CC1CCCCC(CCl)CCCC1. The van der Waals surface area contributed by atoms with Crippen molar-refractivity contribution in [1.82, 2.24) is 0 Å². The number of alkyl halides is 1. The first-order chi connectivity index (χ1) is 9.26. The molecule has 2 nitrogen and oxygen atoms in total. The van der Waals surface area contributed by atoms with Crippen molar-refractivity contribution in [3.8, 4) is 11.8 Å². The van der Waals surface area contributed by atoms with Gasteiger partial charge in [0, 0.05) is 17.7 Å². The van der Waals surface area contributed by atoms with Crippen LogP contribution in [0.1, 0.15) is 58.3 Å². The maximum absolute atomic E-state index is 11.2. The van der Waals surface area contributed by atoms with Crippen LogP contribution in [0, 0.1) is 23.7 Å². The van der Waals surface area contributed by atoms with Gasteiger partial charge < -0.3 is 4.74 Å². The summed E-state index contributed by atoms with van der Waals surface area (Å²) >= 11 is 5.97. The molecule has 1 saturated carbocycles. The zero-order chi connectivity index (χ0) is 13.9. The summed E-state index contributed by atoms with van der Waals surface area (Å²) in [6.45, 7) is 2.20. The van der Waals surface area contributed by atoms with Crippen molar-refractivity contribution in [2.24, 2.45) is 11.8 Å². The number of carbonyl (C=O) groups is 1. The lowest BCUT2D eigenvalue weighted by Crippen LogP contribution is -2.07. The quantitative estimate of drug-likeness (QED) is 0.329. The van der Waals surface area contributed by atoms with Gasteiger partial charge >= 0.3 is 5.97 Å². The summed E-state index contributed by atoms with van der Waals surface area (Å²) in [5, 5.41) is 0. The summed E-state index contributed by atoms with van der Waals surface area (Å²) in [5.74, 6) is 7.19. The third-order valence-corrected chi connectivity index (χ3v) is 4.14. The van der Waals surface area contributed by atoms with E-state index in [0.717, 1.165) is 18.7 Å². The van der Waals surface area contributed by atoms with Crippen molar-refractivity contribution >= 4 is 17.6 Å². The van der Waals surface area contributed by atoms with Gasteiger partial charge in [0.05, 0.1) is 6.61 Å². The van der Waals surface area contributed by atoms with Gasteiger partial charge in [-0.3, -0.25) is 0 Å². The third kappa shape index (κ3) is 7.47. The molecule has 0 aromatic heterocycles. The molecule has 0 amide bonds. The number of ether oxygens (including phenoxy) is 1. The van der Waals surface area contributed by atoms with Crippen LogP contribution in [0.25, 0.3) is 0 Å². The first-order valence-electron chi connectivity index (χ1n) is 7.50. The Labute approximate surface area is 122 Å². The van der Waals surface area contributed by atoms with Crippen molar-refractivity contribution < 1.29 is 9.53 Å². The van der Waals surface area contributed by atoms with Gasteiger partial charge in [-0.05, 0) is 38.5 Å². The molecule has 1 rings (SSSR count). The topological polar surface area (TPSA) is 26.3 Å². The highest BCUT2D eigenvalue weighted by molar-refractivity contribution is 6.18. The smallest absolute Gasteiger partial charge is 0.384 e. The standard InChI is InChI=1S/C16H25ClO2/c1-2-19-16(18)12-11-14-7-3-5-9-15(13-17)10-6-4-8-14/h14-15H,2-10,13H2,1H3. The molecule has 0 saturated heterocycles. The van der Waals surface area contributed by atoms with Crippen LogP contribution in [0.15, 0.2) is 0 Å². The Balaban J connectivity index is 2.41. The molecule has 1 aliphatic rings. The Kier molecular flexibility index (Phi) is 8.75. The molecule has 0 radical (unpaired) electrons. The molecular formula is C16H25ClO2. The Morgan fingerprint density at radius 1 is 1.16 bits per heavy atom. The van der Waals surface area contributed by atoms with Gasteiger partial charge in [-0.1, -0.05) is 31.6 Å². The average molecular weight is 285 g/mol. The van der Waals surface area contributed by atoms with Gasteiger partial charge in [0.15, 0.2) is 0 Å². The second-order valence-corrected chi connectivity index (χ2v) is 5.58. The van der Waals surface area contributed by atoms with Gasteiger partial charge in [0.1, 0.15) is 0 Å². The Morgan fingerprint density at radius 2 is 1.74 bits per heavy atom. The summed E-state index contributed by atoms with van der Waals surface area (Å²) in [6, 6.07) is 0. The molecule has 3 heteroatoms. The predicted molar refractivity (Wildman–Crippen MR) is 79.0 cm³/mol. The second-order valence-electron chi connectivity index (χ2n) is 5.28. The fourth-order valence-electron chi connectivity index (χ4n) is 2.56. The van der Waals surface area contributed by atoms with Crippen molar-refractivity contribution in [3.05, 3.63) is 0 Å². The molecule has 0 bridgehead atoms. The lowest BCUT2D eigenvalue weighted by atomic mass is 9.89. The summed E-state index contributed by atoms with van der Waals surface area (Å²) in [4.78, 5) is 11.2. The van der Waals surface area contributed by atoms with Crippen LogP contribution in [0.3, 0.4) is 0 Å². The van der Waals surface area contributed by atoms with Gasteiger partial charge in [-0.25, -0.2) is 4.79 Å². The fraction of sp³-hybridized carbons (Fsp3) is 0.812. The van der Waals surface area contributed by atoms with Crippen molar-refractivity contribution in [3.63, 3.8) is 0 Å². The van der Waals surface area contributed by atoms with Crippen LogP contribution >= 0.6 is 11.6 Å². The monoisotopic (exact) mass is 284 g/mol. The molecule has 19 heavy (non-hydrogen) atoms. The normalized spacial score (nSPS) is 24.9. The molecule has 0 unspecified atom stereocenters. The number of rotatable bonds is 2. The Bertz CT molecular complexity index is 304. The second kappa shape index (κ2) is 10.1. The van der Waals surface area contributed by atoms with Crippen LogP contribution in [-0.2, 0) is 9.53 Å². The number of carbonyl (C=O) groups excluding carboxylic acids is 1. The number of halogens is 1. The van der Waals surface area contributed by atoms with Gasteiger partial charge in [-0.2, -0.15) is 0 Å². The molecule has 0 N–H and O–H groups in total. The van der Waals surface area contributed by atoms with Crippen molar-refractivity contribution in [2.75, 3.05) is 12.5 Å². The highest BCUT2D eigenvalue weighted by Gasteiger charge is 2.12. The van der Waals surface area contributed by atoms with Gasteiger partial charge in [0.2, 0.25) is 0 Å². The summed E-state index contributed by atoms with van der Waals surface area (Å²) in [6.07, 6.45) is 9.51. The lowest BCUT2D eigenvalue weighted by molar-refractivity contribution is -0.136. The first kappa shape index (κ1) is 16.4. The minimum absolute atomic E-state index is 0.358. The van der Waals surface area contributed by atoms with Crippen LogP contribution in [0.4, 0.5) is 0 Å². The molecule has 0 aliphatic heterocycles. The molecule has 1 aliphatic carbocycles. The van der Waals surface area contributed by atoms with Gasteiger partial charge in [-0.15, -0.1) is 11.6 Å². The third-order valence-electron chi connectivity index (χ3n) is 3.70. The number of esters is 1. The van der Waals surface area contributed by atoms with E-state index < -0.39 is 0 Å². The van der Waals surface area contributed by atoms with Crippen LogP contribution in [0.5, 0.6) is 0 Å². The number of hydrogen-bond acceptors (Lipinski definition) is 2. The minimum Gasteiger partial charge on any atom is -0.456 e. The Hall–Kier alpha value is -0.680. The van der Waals surface area contributed by atoms with Crippen LogP contribution < -0.4 is 0 Å². The van der Waals surface area contributed by atoms with E-state index in [2.05, 4.69) is 11.8 Å². The minimum atomic E-state index is -0.387. The molecule has 0 aromatic carbocycles. The average Bonchev–Trinajstić information content (AvgIpc) is 2.43. The molecule has 0 aromatic rings. The zero-order valence-corrected chi connectivity index (χ0v) is 12.7. The van der Waals surface area contributed by atoms with E-state index in [1.54, 1.807) is 6.92 Å². The van der Waals surface area contributed by atoms with Crippen molar-refractivity contribution in [2.45, 2.75) is 58.3 Å². The highest BCUT2D eigenvalue weighted by Crippen LogP contribution is 2.24. The lowest BCUT2D eigenvalue weighted by Gasteiger charge is -2.18. The van der Waals surface area contributed by atoms with E-state index in [4.69, 9.17) is 16.3 Å². The van der Waals surface area contributed by atoms with Gasteiger partial charge in [0.25, 0.3) is 0 Å². The van der Waals surface area contributed by atoms with E-state index in [1.165, 1.54) is 38.5 Å². The summed E-state index contributed by atoms with van der Waals surface area (Å²) in [5.41, 5.74) is 0. The van der Waals surface area contributed by atoms with E-state index in [1.807, 2.05) is 0 Å². The number of hydrogen-bond donors (Lipinski definition) is 0. The van der Waals surface area contributed by atoms with E-state index in [0.29, 0.717) is 18.4 Å². The Morgan fingerprint density at radius 3 is 2.26 bits per heavy atom. The van der Waals surface area contributed by atoms with E-state index in [9.17, 15) is 4.79 Å². The molecule has 0 heterocycles. The summed E-state index contributed by atoms with van der Waals surface area (Å²) in [7, 11) is 0. The van der Waals surface area contributed by atoms with E-state index >= 15 is 0 Å². The zero-order valence-electron chi connectivity index (χ0n) is 11.9. The largest absolute Gasteiger partial charge is 0.456 e. The molecule has 1 fully saturated rings. The molecular weight excluding hydrogens is 260 g/mol. The predicted octanol–water partition coefficient (Wildman–Crippen LogP) is 4.16. The molecule has 0 spiro atoms. The maximum Gasteiger partial charge on any atom is 0.384 e. The first-order valence-corrected chi connectivity index (χ1v) is 8.04. The van der Waals surface area contributed by atoms with Crippen molar-refractivity contribution in [1.29, 1.82) is 0 Å². The summed E-state index contributed by atoms with van der Waals surface area (Å²) < 4.78 is 4.83. The van der Waals surface area contributed by atoms with Crippen LogP contribution in [0.2, 0.25) is 0 Å². The molecule has 108 valence electrons. The molecule has 0 atom stereocenters. The highest BCUT2D eigenvalue weighted by atomic mass is 35.5. The van der Waals surface area contributed by atoms with Crippen LogP contribution in [-0.4, -0.2) is 18.5 Å². The van der Waals surface area contributed by atoms with E-state index in [-0.39, 0.29) is 5.97 Å². The maximum atomic E-state index is 11.2.